The molecule has 0 bridgehead atoms. The Morgan fingerprint density at radius 1 is 1.39 bits per heavy atom. The minimum absolute atomic E-state index is 0.272. The largest absolute Gasteiger partial charge is 0.399 e. The van der Waals surface area contributed by atoms with Gasteiger partial charge in [-0.2, -0.15) is 0 Å². The Hall–Kier alpha value is -2.07. The second-order valence-corrected chi connectivity index (χ2v) is 4.29. The zero-order valence-corrected chi connectivity index (χ0v) is 10.5. The minimum atomic E-state index is -0.272. The number of aromatic nitrogens is 1. The molecule has 0 radical (unpaired) electrons. The van der Waals surface area contributed by atoms with Crippen molar-refractivity contribution >= 4 is 28.9 Å². The zero-order chi connectivity index (χ0) is 13.1. The average Bonchev–Trinajstić information content (AvgIpc) is 2.34. The van der Waals surface area contributed by atoms with Crippen LogP contribution in [0.3, 0.4) is 0 Å². The smallest absolute Gasteiger partial charge is 0.257 e. The van der Waals surface area contributed by atoms with Crippen LogP contribution in [0.25, 0.3) is 0 Å². The number of benzene rings is 1. The van der Waals surface area contributed by atoms with E-state index in [1.807, 2.05) is 13.0 Å². The van der Waals surface area contributed by atoms with E-state index in [1.54, 1.807) is 18.2 Å². The lowest BCUT2D eigenvalue weighted by Gasteiger charge is -2.08. The van der Waals surface area contributed by atoms with Crippen molar-refractivity contribution in [1.29, 1.82) is 0 Å². The Kier molecular flexibility index (Phi) is 3.48. The molecule has 5 heteroatoms. The summed E-state index contributed by atoms with van der Waals surface area (Å²) in [6, 6.07) is 6.87. The number of carbonyl (C=O) groups is 1. The summed E-state index contributed by atoms with van der Waals surface area (Å²) < 4.78 is 0. The molecule has 0 fully saturated rings. The molecular formula is C13H12ClN3O. The van der Waals surface area contributed by atoms with Crippen LogP contribution in [0.4, 0.5) is 11.4 Å². The van der Waals surface area contributed by atoms with Gasteiger partial charge in [0.15, 0.2) is 0 Å². The maximum atomic E-state index is 12.0. The minimum Gasteiger partial charge on any atom is -0.399 e. The number of nitrogens with two attached hydrogens (primary N) is 1. The zero-order valence-electron chi connectivity index (χ0n) is 9.77. The Balaban J connectivity index is 2.22. The van der Waals surface area contributed by atoms with Crippen LogP contribution in [0.1, 0.15) is 15.9 Å². The first-order chi connectivity index (χ1) is 8.58. The molecule has 3 N–H and O–H groups in total. The summed E-state index contributed by atoms with van der Waals surface area (Å²) in [6.45, 7) is 1.88. The highest BCUT2D eigenvalue weighted by molar-refractivity contribution is 6.34. The summed E-state index contributed by atoms with van der Waals surface area (Å²) in [4.78, 5) is 15.8. The van der Waals surface area contributed by atoms with Gasteiger partial charge >= 0.3 is 0 Å². The molecule has 1 aromatic heterocycles. The summed E-state index contributed by atoms with van der Waals surface area (Å²) in [5.41, 5.74) is 8.38. The van der Waals surface area contributed by atoms with Crippen molar-refractivity contribution in [3.63, 3.8) is 0 Å². The third-order valence-electron chi connectivity index (χ3n) is 2.54. The van der Waals surface area contributed by atoms with Gasteiger partial charge in [-0.1, -0.05) is 11.6 Å². The fourth-order valence-electron chi connectivity index (χ4n) is 1.51. The van der Waals surface area contributed by atoms with E-state index >= 15 is 0 Å². The first-order valence-electron chi connectivity index (χ1n) is 5.35. The maximum Gasteiger partial charge on any atom is 0.257 e. The maximum absolute atomic E-state index is 12.0. The fraction of sp³-hybridized carbons (Fsp3) is 0.0769. The van der Waals surface area contributed by atoms with Crippen LogP contribution >= 0.6 is 11.6 Å². The van der Waals surface area contributed by atoms with Crippen LogP contribution in [0.15, 0.2) is 36.7 Å². The van der Waals surface area contributed by atoms with Gasteiger partial charge < -0.3 is 11.1 Å². The number of amides is 1. The lowest BCUT2D eigenvalue weighted by molar-refractivity contribution is 0.102. The van der Waals surface area contributed by atoms with E-state index in [-0.39, 0.29) is 5.91 Å². The summed E-state index contributed by atoms with van der Waals surface area (Å²) >= 11 is 5.90. The molecule has 0 aliphatic carbocycles. The molecule has 0 saturated heterocycles. The SMILES string of the molecule is Cc1cc(NC(=O)c2ccncc2Cl)ccc1N. The van der Waals surface area contributed by atoms with Crippen molar-refractivity contribution in [3.05, 3.63) is 52.8 Å². The summed E-state index contributed by atoms with van der Waals surface area (Å²) in [5, 5.41) is 3.08. The number of nitrogen functional groups attached to an aromatic ring is 1. The highest BCUT2D eigenvalue weighted by Crippen LogP contribution is 2.19. The first-order valence-corrected chi connectivity index (χ1v) is 5.72. The van der Waals surface area contributed by atoms with Gasteiger partial charge in [-0.05, 0) is 36.8 Å². The molecule has 0 atom stereocenters. The molecule has 1 aromatic carbocycles. The van der Waals surface area contributed by atoms with Crippen LogP contribution in [0, 0.1) is 6.92 Å². The number of halogens is 1. The van der Waals surface area contributed by atoms with Gasteiger partial charge in [0.1, 0.15) is 0 Å². The number of aryl methyl sites for hydroxylation is 1. The van der Waals surface area contributed by atoms with E-state index in [0.717, 1.165) is 5.56 Å². The Bertz CT molecular complexity index is 599. The number of carbonyl (C=O) groups excluding carboxylic acids is 1. The number of nitrogens with one attached hydrogen (secondary N) is 1. The van der Waals surface area contributed by atoms with Crippen molar-refractivity contribution in [1.82, 2.24) is 4.98 Å². The molecule has 2 aromatic rings. The standard InChI is InChI=1S/C13H12ClN3O/c1-8-6-9(2-3-12(8)15)17-13(18)10-4-5-16-7-11(10)14/h2-7H,15H2,1H3,(H,17,18). The predicted molar refractivity (Wildman–Crippen MR) is 72.8 cm³/mol. The molecule has 4 nitrogen and oxygen atoms in total. The van der Waals surface area contributed by atoms with Gasteiger partial charge in [-0.25, -0.2) is 0 Å². The number of anilines is 2. The van der Waals surface area contributed by atoms with Crippen LogP contribution < -0.4 is 11.1 Å². The molecule has 0 unspecified atom stereocenters. The number of rotatable bonds is 2. The Morgan fingerprint density at radius 2 is 2.17 bits per heavy atom. The van der Waals surface area contributed by atoms with Gasteiger partial charge in [0.2, 0.25) is 0 Å². The Labute approximate surface area is 110 Å². The van der Waals surface area contributed by atoms with Crippen molar-refractivity contribution in [2.45, 2.75) is 6.92 Å². The van der Waals surface area contributed by atoms with Gasteiger partial charge in [-0.3, -0.25) is 9.78 Å². The molecule has 1 heterocycles. The van der Waals surface area contributed by atoms with Crippen LogP contribution in [0.2, 0.25) is 5.02 Å². The second kappa shape index (κ2) is 5.06. The van der Waals surface area contributed by atoms with Gasteiger partial charge in [0, 0.05) is 23.8 Å². The highest BCUT2D eigenvalue weighted by Gasteiger charge is 2.10. The summed E-state index contributed by atoms with van der Waals surface area (Å²) in [5.74, 6) is -0.272. The number of nitrogens with zero attached hydrogens (tertiary/aromatic N) is 1. The van der Waals surface area contributed by atoms with Gasteiger partial charge in [0.25, 0.3) is 5.91 Å². The van der Waals surface area contributed by atoms with Crippen LogP contribution in [-0.4, -0.2) is 10.9 Å². The van der Waals surface area contributed by atoms with E-state index in [2.05, 4.69) is 10.3 Å². The molecule has 18 heavy (non-hydrogen) atoms. The topological polar surface area (TPSA) is 68.0 Å². The normalized spacial score (nSPS) is 10.1. The summed E-state index contributed by atoms with van der Waals surface area (Å²) in [7, 11) is 0. The Morgan fingerprint density at radius 3 is 2.83 bits per heavy atom. The van der Waals surface area contributed by atoms with Crippen LogP contribution in [0.5, 0.6) is 0 Å². The van der Waals surface area contributed by atoms with Crippen molar-refractivity contribution in [3.8, 4) is 0 Å². The first kappa shape index (κ1) is 12.4. The van der Waals surface area contributed by atoms with Crippen LogP contribution in [-0.2, 0) is 0 Å². The number of pyridine rings is 1. The number of hydrogen-bond donors (Lipinski definition) is 2. The predicted octanol–water partition coefficient (Wildman–Crippen LogP) is 2.88. The highest BCUT2D eigenvalue weighted by atomic mass is 35.5. The lowest BCUT2D eigenvalue weighted by Crippen LogP contribution is -2.12. The third-order valence-corrected chi connectivity index (χ3v) is 2.85. The fourth-order valence-corrected chi connectivity index (χ4v) is 1.72. The molecular weight excluding hydrogens is 250 g/mol. The molecule has 0 spiro atoms. The molecule has 0 aliphatic rings. The van der Waals surface area contributed by atoms with E-state index in [1.165, 1.54) is 12.4 Å². The van der Waals surface area contributed by atoms with Gasteiger partial charge in [-0.15, -0.1) is 0 Å². The van der Waals surface area contributed by atoms with E-state index in [9.17, 15) is 4.79 Å². The van der Waals surface area contributed by atoms with Crippen molar-refractivity contribution in [2.75, 3.05) is 11.1 Å². The van der Waals surface area contributed by atoms with E-state index in [4.69, 9.17) is 17.3 Å². The van der Waals surface area contributed by atoms with E-state index < -0.39 is 0 Å². The van der Waals surface area contributed by atoms with Gasteiger partial charge in [0.05, 0.1) is 10.6 Å². The van der Waals surface area contributed by atoms with Crippen molar-refractivity contribution in [2.24, 2.45) is 0 Å². The lowest BCUT2D eigenvalue weighted by atomic mass is 10.1. The number of hydrogen-bond acceptors (Lipinski definition) is 3. The molecule has 0 aliphatic heterocycles. The molecule has 1 amide bonds. The monoisotopic (exact) mass is 261 g/mol. The molecule has 0 saturated carbocycles. The molecule has 92 valence electrons. The third kappa shape index (κ3) is 2.60. The van der Waals surface area contributed by atoms with E-state index in [0.29, 0.717) is 22.0 Å². The average molecular weight is 262 g/mol. The second-order valence-electron chi connectivity index (χ2n) is 3.88. The van der Waals surface area contributed by atoms with Crippen molar-refractivity contribution < 1.29 is 4.79 Å². The molecule has 2 rings (SSSR count). The quantitative estimate of drug-likeness (QED) is 0.817. The summed E-state index contributed by atoms with van der Waals surface area (Å²) in [6.07, 6.45) is 2.96.